The van der Waals surface area contributed by atoms with E-state index in [9.17, 15) is 0 Å². The molecule has 14 nitrogen and oxygen atoms in total. The zero-order valence-corrected chi connectivity index (χ0v) is 59.1. The second-order valence-electron chi connectivity index (χ2n) is 22.8. The molecule has 0 amide bonds. The first-order chi connectivity index (χ1) is 37.7. The summed E-state index contributed by atoms with van der Waals surface area (Å²) in [6.07, 6.45) is 15.8. The van der Waals surface area contributed by atoms with Crippen molar-refractivity contribution in [3.05, 3.63) is 106 Å². The highest BCUT2D eigenvalue weighted by atomic mass is 28.5. The topological polar surface area (TPSA) is 129 Å². The van der Waals surface area contributed by atoms with E-state index < -0.39 is 60.2 Å². The van der Waals surface area contributed by atoms with Crippen molar-refractivity contribution in [2.75, 3.05) is 77.2 Å². The van der Waals surface area contributed by atoms with Gasteiger partial charge in [-0.2, -0.15) is 0 Å². The Balaban J connectivity index is 1.91. The largest absolute Gasteiger partial charge is 0.500 e. The first-order valence-electron chi connectivity index (χ1n) is 29.2. The molecule has 79 heavy (non-hydrogen) atoms. The van der Waals surface area contributed by atoms with Crippen LogP contribution in [0.15, 0.2) is 72.8 Å². The van der Waals surface area contributed by atoms with Crippen LogP contribution in [-0.4, -0.2) is 137 Å². The molecule has 0 saturated carbocycles. The Hall–Kier alpha value is -1.38. The van der Waals surface area contributed by atoms with Crippen LogP contribution < -0.4 is 0 Å². The van der Waals surface area contributed by atoms with Crippen LogP contribution in [0.4, 0.5) is 0 Å². The van der Waals surface area contributed by atoms with Crippen LogP contribution >= 0.6 is 0 Å². The molecule has 0 heterocycles. The van der Waals surface area contributed by atoms with Crippen molar-refractivity contribution in [2.24, 2.45) is 0 Å². The number of hydrogen-bond acceptors (Lipinski definition) is 14. The van der Waals surface area contributed by atoms with Crippen molar-refractivity contribution in [1.29, 1.82) is 0 Å². The highest BCUT2D eigenvalue weighted by Crippen LogP contribution is 2.36. The summed E-state index contributed by atoms with van der Waals surface area (Å²) in [5, 5.41) is 0. The monoisotopic (exact) mass is 1220 g/mol. The van der Waals surface area contributed by atoms with Gasteiger partial charge in [0.05, 0.1) is 13.2 Å². The average molecular weight is 1230 g/mol. The normalized spacial score (nSPS) is 13.2. The summed E-state index contributed by atoms with van der Waals surface area (Å²) < 4.78 is 74.9. The van der Waals surface area contributed by atoms with Crippen LogP contribution in [0.5, 0.6) is 0 Å². The fraction of sp³-hybridized carbons (Fsp3) is 0.690. The van der Waals surface area contributed by atoms with E-state index in [2.05, 4.69) is 112 Å². The molecule has 0 fully saturated rings. The van der Waals surface area contributed by atoms with Gasteiger partial charge < -0.3 is 52.2 Å². The molecule has 0 N–H and O–H groups in total. The van der Waals surface area contributed by atoms with Gasteiger partial charge in [0, 0.05) is 88.2 Å². The van der Waals surface area contributed by atoms with Gasteiger partial charge >= 0.3 is 35.2 Å². The maximum atomic E-state index is 7.85. The third kappa shape index (κ3) is 27.0. The van der Waals surface area contributed by atoms with E-state index >= 15 is 0 Å². The molecule has 3 aromatic carbocycles. The van der Waals surface area contributed by atoms with Crippen LogP contribution in [0.25, 0.3) is 0 Å². The molecule has 0 aromatic heterocycles. The van der Waals surface area contributed by atoms with E-state index in [0.29, 0.717) is 13.2 Å². The molecule has 0 atom stereocenters. The molecular weight excluding hydrogens is 1120 g/mol. The van der Waals surface area contributed by atoms with Crippen molar-refractivity contribution >= 4 is 60.2 Å². The van der Waals surface area contributed by atoms with Gasteiger partial charge in [-0.3, -0.25) is 0 Å². The molecule has 0 spiro atoms. The van der Waals surface area contributed by atoms with E-state index in [1.807, 2.05) is 6.92 Å². The zero-order valence-electron chi connectivity index (χ0n) is 52.1. The van der Waals surface area contributed by atoms with Crippen molar-refractivity contribution in [1.82, 2.24) is 0 Å². The molecule has 0 unspecified atom stereocenters. The van der Waals surface area contributed by atoms with Crippen LogP contribution in [0.2, 0.25) is 81.6 Å². The molecule has 0 radical (unpaired) electrons. The number of rotatable bonds is 47. The molecule has 0 aliphatic heterocycles. The molecule has 0 bridgehead atoms. The van der Waals surface area contributed by atoms with E-state index in [-0.39, 0.29) is 0 Å². The molecule has 3 aromatic rings. The number of benzene rings is 3. The molecule has 0 aliphatic carbocycles. The Bertz CT molecular complexity index is 1810. The summed E-state index contributed by atoms with van der Waals surface area (Å²) in [4.78, 5) is 10.3. The lowest BCUT2D eigenvalue weighted by atomic mass is 10.1. The average Bonchev–Trinajstić information content (AvgIpc) is 3.47. The van der Waals surface area contributed by atoms with Crippen molar-refractivity contribution in [3.63, 3.8) is 0 Å². The Morgan fingerprint density at radius 2 is 0.494 bits per heavy atom. The third-order valence-corrected chi connectivity index (χ3v) is 39.2. The van der Waals surface area contributed by atoms with Gasteiger partial charge in [-0.05, 0) is 149 Å². The summed E-state index contributed by atoms with van der Waals surface area (Å²) in [6, 6.07) is 33.0. The van der Waals surface area contributed by atoms with Gasteiger partial charge in [0.1, 0.15) is 0 Å². The van der Waals surface area contributed by atoms with Crippen LogP contribution in [-0.2, 0) is 100 Å². The third-order valence-electron chi connectivity index (χ3n) is 15.3. The standard InChI is InChI=1S/C58H108O14Si7/c1-17-68-69-45-25-23-21-19-18-20-22-24-26-46-79(70-73(11,12)47-39-53-27-33-56(34-28-53)42-50-76(59-2,60-3)61-4,71-74(13,14)48-40-54-29-35-57(36-30-54)43-51-77(62-5,63-6)64-7)72-75(15,16)49-41-55-31-37-58(38-32-55)44-52-78(65-8,66-9)67-10/h27-38H,17-26,39-52H2,1-16H3. The Morgan fingerprint density at radius 1 is 0.266 bits per heavy atom. The van der Waals surface area contributed by atoms with Gasteiger partial charge in [-0.15, -0.1) is 0 Å². The maximum absolute atomic E-state index is 7.85. The first-order valence-corrected chi connectivity index (χ1v) is 46.3. The summed E-state index contributed by atoms with van der Waals surface area (Å²) in [6.45, 7) is 17.6. The minimum absolute atomic E-state index is 0.590. The summed E-state index contributed by atoms with van der Waals surface area (Å²) >= 11 is 0. The Kier molecular flexibility index (Phi) is 33.8. The molecule has 21 heteroatoms. The predicted octanol–water partition coefficient (Wildman–Crippen LogP) is 14.1. The van der Waals surface area contributed by atoms with Crippen LogP contribution in [0.1, 0.15) is 98.1 Å². The highest BCUT2D eigenvalue weighted by molar-refractivity contribution is 6.90. The number of unbranched alkanes of at least 4 members (excludes halogenated alkanes) is 8. The Morgan fingerprint density at radius 3 is 0.734 bits per heavy atom. The van der Waals surface area contributed by atoms with Crippen molar-refractivity contribution in [3.8, 4) is 0 Å². The fourth-order valence-electron chi connectivity index (χ4n) is 10.0. The predicted molar refractivity (Wildman–Crippen MR) is 336 cm³/mol. The lowest BCUT2D eigenvalue weighted by Gasteiger charge is -2.45. The van der Waals surface area contributed by atoms with E-state index in [1.54, 1.807) is 64.0 Å². The van der Waals surface area contributed by atoms with E-state index in [1.165, 1.54) is 71.9 Å². The molecular formula is C58H108O14Si7. The van der Waals surface area contributed by atoms with Gasteiger partial charge in [0.15, 0.2) is 25.0 Å². The van der Waals surface area contributed by atoms with Crippen LogP contribution in [0.3, 0.4) is 0 Å². The maximum Gasteiger partial charge on any atom is 0.500 e. The number of aryl methyl sites for hydroxylation is 6. The minimum Gasteiger partial charge on any atom is -0.417 e. The van der Waals surface area contributed by atoms with Gasteiger partial charge in [-0.1, -0.05) is 118 Å². The Labute approximate surface area is 487 Å². The second-order valence-corrected chi connectivity index (χ2v) is 48.4. The lowest BCUT2D eigenvalue weighted by Crippen LogP contribution is -2.62. The molecule has 452 valence electrons. The minimum atomic E-state index is -3.29. The van der Waals surface area contributed by atoms with E-state index in [4.69, 9.17) is 62.0 Å². The smallest absolute Gasteiger partial charge is 0.417 e. The molecule has 3 rings (SSSR count). The SMILES string of the molecule is CCOOCCCCCCCCCCC[Si](O[Si](C)(C)CCc1ccc(CC[Si](OC)(OC)OC)cc1)(O[Si](C)(C)CCc1ccc(CC[Si](OC)(OC)OC)cc1)O[Si](C)(C)CCc1ccc(CC[Si](OC)(OC)OC)cc1. The summed E-state index contributed by atoms with van der Waals surface area (Å²) in [5.74, 6) is 0. The van der Waals surface area contributed by atoms with Gasteiger partial charge in [0.2, 0.25) is 0 Å². The highest BCUT2D eigenvalue weighted by Gasteiger charge is 2.52. The fourth-order valence-corrected chi connectivity index (χ4v) is 32.7. The quantitative estimate of drug-likeness (QED) is 0.0230. The van der Waals surface area contributed by atoms with Crippen molar-refractivity contribution < 1.29 is 62.0 Å². The number of hydrogen-bond donors (Lipinski definition) is 0. The second kappa shape index (κ2) is 37.1. The van der Waals surface area contributed by atoms with Gasteiger partial charge in [-0.25, -0.2) is 9.78 Å². The first kappa shape index (κ1) is 71.9. The van der Waals surface area contributed by atoms with Gasteiger partial charge in [0.25, 0.3) is 0 Å². The van der Waals surface area contributed by atoms with E-state index in [0.717, 1.165) is 100 Å². The van der Waals surface area contributed by atoms with Crippen molar-refractivity contribution in [2.45, 2.75) is 185 Å². The van der Waals surface area contributed by atoms with Crippen LogP contribution in [0, 0.1) is 0 Å². The summed E-state index contributed by atoms with van der Waals surface area (Å²) in [5.41, 5.74) is 7.67. The zero-order chi connectivity index (χ0) is 58.3. The molecule has 0 aliphatic rings. The lowest BCUT2D eigenvalue weighted by molar-refractivity contribution is -0.291. The summed E-state index contributed by atoms with van der Waals surface area (Å²) in [7, 11) is -3.39. The molecule has 0 saturated heterocycles.